The summed E-state index contributed by atoms with van der Waals surface area (Å²) in [6.07, 6.45) is 3.96. The first-order valence-corrected chi connectivity index (χ1v) is 11.9. The number of hydrogen-bond acceptors (Lipinski definition) is 4. The molecule has 2 aliphatic rings. The van der Waals surface area contributed by atoms with E-state index in [0.29, 0.717) is 5.69 Å². The quantitative estimate of drug-likeness (QED) is 0.789. The highest BCUT2D eigenvalue weighted by Crippen LogP contribution is 2.34. The zero-order chi connectivity index (χ0) is 21.4. The Bertz CT molecular complexity index is 909. The van der Waals surface area contributed by atoms with Crippen molar-refractivity contribution in [2.24, 2.45) is 0 Å². The number of anilines is 1. The molecule has 1 saturated carbocycles. The summed E-state index contributed by atoms with van der Waals surface area (Å²) in [5, 5.41) is 3.08. The van der Waals surface area contributed by atoms with E-state index >= 15 is 0 Å². The van der Waals surface area contributed by atoms with E-state index in [4.69, 9.17) is 0 Å². The van der Waals surface area contributed by atoms with Gasteiger partial charge < -0.3 is 5.32 Å². The summed E-state index contributed by atoms with van der Waals surface area (Å²) in [4.78, 5) is 28.2. The summed E-state index contributed by atoms with van der Waals surface area (Å²) in [7, 11) is -3.60. The zero-order valence-electron chi connectivity index (χ0n) is 17.7. The molecule has 0 radical (unpaired) electrons. The van der Waals surface area contributed by atoms with Crippen LogP contribution >= 0.6 is 0 Å². The van der Waals surface area contributed by atoms with E-state index in [0.717, 1.165) is 41.1 Å². The van der Waals surface area contributed by atoms with Crippen LogP contribution in [0.15, 0.2) is 18.2 Å². The van der Waals surface area contributed by atoms with Crippen molar-refractivity contribution in [3.05, 3.63) is 29.3 Å². The maximum Gasteiger partial charge on any atom is 0.247 e. The lowest BCUT2D eigenvalue weighted by Crippen LogP contribution is -2.71. The Morgan fingerprint density at radius 1 is 1.24 bits per heavy atom. The lowest BCUT2D eigenvalue weighted by atomic mass is 9.92. The van der Waals surface area contributed by atoms with Crippen molar-refractivity contribution < 1.29 is 18.0 Å². The minimum Gasteiger partial charge on any atom is -0.351 e. The zero-order valence-corrected chi connectivity index (χ0v) is 18.5. The van der Waals surface area contributed by atoms with E-state index in [1.807, 2.05) is 32.0 Å². The summed E-state index contributed by atoms with van der Waals surface area (Å²) in [6.45, 7) is 6.79. The molecule has 1 aromatic carbocycles. The lowest BCUT2D eigenvalue weighted by molar-refractivity contribution is -0.133. The van der Waals surface area contributed by atoms with Crippen molar-refractivity contribution in [2.45, 2.75) is 65.0 Å². The number of piperazine rings is 1. The van der Waals surface area contributed by atoms with Crippen molar-refractivity contribution in [3.63, 3.8) is 0 Å². The minimum atomic E-state index is -3.60. The van der Waals surface area contributed by atoms with Crippen LogP contribution in [-0.2, 0) is 19.6 Å². The number of nitrogens with zero attached hydrogens (tertiary/aromatic N) is 2. The van der Waals surface area contributed by atoms with Gasteiger partial charge in [-0.05, 0) is 57.7 Å². The monoisotopic (exact) mass is 421 g/mol. The summed E-state index contributed by atoms with van der Waals surface area (Å²) in [5.41, 5.74) is 1.26. The second-order valence-electron chi connectivity index (χ2n) is 8.35. The maximum absolute atomic E-state index is 13.4. The van der Waals surface area contributed by atoms with Crippen molar-refractivity contribution >= 4 is 27.5 Å². The van der Waals surface area contributed by atoms with Crippen molar-refractivity contribution in [1.29, 1.82) is 0 Å². The van der Waals surface area contributed by atoms with Crippen LogP contribution in [0, 0.1) is 13.8 Å². The number of sulfonamides is 1. The van der Waals surface area contributed by atoms with Crippen LogP contribution < -0.4 is 10.2 Å². The average molecular weight is 422 g/mol. The smallest absolute Gasteiger partial charge is 0.247 e. The third kappa shape index (κ3) is 4.05. The molecule has 1 atom stereocenters. The van der Waals surface area contributed by atoms with Crippen LogP contribution in [0.4, 0.5) is 5.69 Å². The Balaban J connectivity index is 2.05. The predicted molar refractivity (Wildman–Crippen MR) is 113 cm³/mol. The molecule has 7 nitrogen and oxygen atoms in total. The number of benzene rings is 1. The van der Waals surface area contributed by atoms with Crippen LogP contribution in [0.3, 0.4) is 0 Å². The van der Waals surface area contributed by atoms with Crippen molar-refractivity contribution in [2.75, 3.05) is 23.7 Å². The van der Waals surface area contributed by atoms with Gasteiger partial charge in [0, 0.05) is 18.3 Å². The highest BCUT2D eigenvalue weighted by Gasteiger charge is 2.51. The highest BCUT2D eigenvalue weighted by molar-refractivity contribution is 7.89. The number of nitrogens with one attached hydrogen (secondary N) is 1. The Hall–Kier alpha value is -1.93. The number of hydrogen-bond donors (Lipinski definition) is 1. The molecule has 3 rings (SSSR count). The fraction of sp³-hybridized carbons (Fsp3) is 0.619. The molecule has 1 aliphatic carbocycles. The number of amides is 2. The van der Waals surface area contributed by atoms with Gasteiger partial charge in [-0.1, -0.05) is 25.0 Å². The Morgan fingerprint density at radius 3 is 2.52 bits per heavy atom. The van der Waals surface area contributed by atoms with Gasteiger partial charge in [-0.25, -0.2) is 8.42 Å². The van der Waals surface area contributed by atoms with Gasteiger partial charge in [-0.2, -0.15) is 4.31 Å². The molecular weight excluding hydrogens is 390 g/mol. The average Bonchev–Trinajstić information content (AvgIpc) is 3.17. The second kappa shape index (κ2) is 8.07. The number of carbonyl (C=O) groups excluding carboxylic acids is 2. The van der Waals surface area contributed by atoms with Gasteiger partial charge in [0.05, 0.1) is 12.3 Å². The van der Waals surface area contributed by atoms with Crippen LogP contribution in [0.1, 0.15) is 50.7 Å². The molecular formula is C21H31N3O4S. The molecule has 160 valence electrons. The van der Waals surface area contributed by atoms with Gasteiger partial charge in [0.25, 0.3) is 0 Å². The van der Waals surface area contributed by atoms with Gasteiger partial charge in [0.1, 0.15) is 5.54 Å². The summed E-state index contributed by atoms with van der Waals surface area (Å²) < 4.78 is 26.2. The van der Waals surface area contributed by atoms with Crippen LogP contribution in [-0.4, -0.2) is 55.0 Å². The topological polar surface area (TPSA) is 86.8 Å². The van der Waals surface area contributed by atoms with Gasteiger partial charge >= 0.3 is 0 Å². The largest absolute Gasteiger partial charge is 0.351 e. The standard InChI is InChI=1S/C21H31N3O4S/c1-5-29(27,28)23-13-19(25)24(18-12-8-9-15(2)16(18)3)21(4,14-23)20(26)22-17-10-6-7-11-17/h8-9,12,17H,5-7,10-11,13-14H2,1-4H3,(H,22,26)/t21-/m1/s1. The highest BCUT2D eigenvalue weighted by atomic mass is 32.2. The Morgan fingerprint density at radius 2 is 1.90 bits per heavy atom. The van der Waals surface area contributed by atoms with E-state index in [-0.39, 0.29) is 36.7 Å². The molecule has 1 aliphatic heterocycles. The van der Waals surface area contributed by atoms with E-state index < -0.39 is 15.6 Å². The molecule has 1 heterocycles. The van der Waals surface area contributed by atoms with Gasteiger partial charge in [0.2, 0.25) is 21.8 Å². The van der Waals surface area contributed by atoms with E-state index in [9.17, 15) is 18.0 Å². The summed E-state index contributed by atoms with van der Waals surface area (Å²) in [6, 6.07) is 5.71. The third-order valence-electron chi connectivity index (χ3n) is 6.29. The molecule has 2 amide bonds. The first-order chi connectivity index (χ1) is 13.6. The number of rotatable bonds is 5. The fourth-order valence-electron chi connectivity index (χ4n) is 4.31. The molecule has 2 fully saturated rings. The Kier molecular flexibility index (Phi) is 6.06. The lowest BCUT2D eigenvalue weighted by Gasteiger charge is -2.47. The predicted octanol–water partition coefficient (Wildman–Crippen LogP) is 2.12. The SMILES string of the molecule is CCS(=O)(=O)N1CC(=O)N(c2cccc(C)c2C)[C@@](C)(C(=O)NC2CCCC2)C1. The molecule has 1 aromatic rings. The normalized spacial score (nSPS) is 24.1. The minimum absolute atomic E-state index is 0.0547. The van der Waals surface area contributed by atoms with Gasteiger partial charge in [-0.15, -0.1) is 0 Å². The van der Waals surface area contributed by atoms with Crippen LogP contribution in [0.2, 0.25) is 0 Å². The fourth-order valence-corrected chi connectivity index (χ4v) is 5.43. The molecule has 29 heavy (non-hydrogen) atoms. The summed E-state index contributed by atoms with van der Waals surface area (Å²) >= 11 is 0. The molecule has 0 spiro atoms. The maximum atomic E-state index is 13.4. The molecule has 1 N–H and O–H groups in total. The second-order valence-corrected chi connectivity index (χ2v) is 10.6. The van der Waals surface area contributed by atoms with E-state index in [1.165, 1.54) is 4.90 Å². The molecule has 0 unspecified atom stereocenters. The third-order valence-corrected chi connectivity index (χ3v) is 8.07. The van der Waals surface area contributed by atoms with Crippen LogP contribution in [0.25, 0.3) is 0 Å². The van der Waals surface area contributed by atoms with E-state index in [2.05, 4.69) is 5.32 Å². The number of aryl methyl sites for hydroxylation is 1. The van der Waals surface area contributed by atoms with Gasteiger partial charge in [0.15, 0.2) is 0 Å². The molecule has 1 saturated heterocycles. The van der Waals surface area contributed by atoms with Gasteiger partial charge in [-0.3, -0.25) is 14.5 Å². The van der Waals surface area contributed by atoms with Crippen LogP contribution in [0.5, 0.6) is 0 Å². The Labute approximate surface area is 173 Å². The number of carbonyl (C=O) groups is 2. The van der Waals surface area contributed by atoms with Crippen molar-refractivity contribution in [3.8, 4) is 0 Å². The van der Waals surface area contributed by atoms with Crippen molar-refractivity contribution in [1.82, 2.24) is 9.62 Å². The first-order valence-electron chi connectivity index (χ1n) is 10.3. The molecule has 0 aromatic heterocycles. The first kappa shape index (κ1) is 21.8. The molecule has 0 bridgehead atoms. The summed E-state index contributed by atoms with van der Waals surface area (Å²) in [5.74, 6) is -0.787. The van der Waals surface area contributed by atoms with E-state index in [1.54, 1.807) is 13.8 Å². The molecule has 8 heteroatoms.